The zero-order chi connectivity index (χ0) is 20.5. The van der Waals surface area contributed by atoms with Crippen LogP contribution in [0.4, 0.5) is 5.13 Å². The third-order valence-electron chi connectivity index (χ3n) is 4.33. The monoisotopic (exact) mass is 444 g/mol. The molecule has 2 heterocycles. The first-order valence-electron chi connectivity index (χ1n) is 8.58. The Hall–Kier alpha value is -2.74. The number of hydrogen-bond acceptors (Lipinski definition) is 5. The molecule has 0 unspecified atom stereocenters. The number of fused-ring (bicyclic) bond motifs is 1. The van der Waals surface area contributed by atoms with Crippen molar-refractivity contribution in [3.8, 4) is 11.3 Å². The molecule has 0 aliphatic rings. The first-order valence-corrected chi connectivity index (χ1v) is 10.2. The summed E-state index contributed by atoms with van der Waals surface area (Å²) in [6, 6.07) is 12.4. The van der Waals surface area contributed by atoms with Crippen LogP contribution in [0.1, 0.15) is 5.69 Å². The van der Waals surface area contributed by atoms with Gasteiger partial charge in [-0.15, -0.1) is 11.3 Å². The van der Waals surface area contributed by atoms with Gasteiger partial charge in [-0.2, -0.15) is 5.10 Å². The highest BCUT2D eigenvalue weighted by atomic mass is 35.5. The fraction of sp³-hybridized carbons (Fsp3) is 0.100. The smallest absolute Gasteiger partial charge is 0.274 e. The normalized spacial score (nSPS) is 11.0. The van der Waals surface area contributed by atoms with E-state index in [1.807, 2.05) is 17.5 Å². The molecule has 29 heavy (non-hydrogen) atoms. The Bertz CT molecular complexity index is 1300. The van der Waals surface area contributed by atoms with Crippen LogP contribution in [0.3, 0.4) is 0 Å². The van der Waals surface area contributed by atoms with Crippen LogP contribution in [0, 0.1) is 0 Å². The summed E-state index contributed by atoms with van der Waals surface area (Å²) in [5.41, 5.74) is 1.83. The van der Waals surface area contributed by atoms with Gasteiger partial charge in [0.15, 0.2) is 5.13 Å². The topological polar surface area (TPSA) is 76.9 Å². The van der Waals surface area contributed by atoms with Crippen LogP contribution in [0.25, 0.3) is 22.0 Å². The summed E-state index contributed by atoms with van der Waals surface area (Å²) in [5.74, 6) is -0.267. The quantitative estimate of drug-likeness (QED) is 0.500. The molecule has 0 saturated heterocycles. The molecule has 0 fully saturated rings. The number of anilines is 1. The van der Waals surface area contributed by atoms with Crippen molar-refractivity contribution >= 4 is 56.3 Å². The Morgan fingerprint density at radius 1 is 1.14 bits per heavy atom. The second kappa shape index (κ2) is 7.94. The number of amides is 1. The standard InChI is InChI=1S/C20H14Cl2N4O2S/c1-26-19(28)13-5-3-2-4-12(13)16(25-26)9-18(27)24-20-23-17(10-29-20)11-6-7-14(21)15(22)8-11/h2-8,10H,9H2,1H3,(H,23,24,27). The molecule has 0 spiro atoms. The summed E-state index contributed by atoms with van der Waals surface area (Å²) >= 11 is 13.3. The first kappa shape index (κ1) is 19.6. The highest BCUT2D eigenvalue weighted by molar-refractivity contribution is 7.14. The number of hydrogen-bond donors (Lipinski definition) is 1. The van der Waals surface area contributed by atoms with Gasteiger partial charge in [0.05, 0.1) is 33.2 Å². The number of aromatic nitrogens is 3. The lowest BCUT2D eigenvalue weighted by Crippen LogP contribution is -2.24. The molecule has 6 nitrogen and oxygen atoms in total. The molecular weight excluding hydrogens is 431 g/mol. The molecule has 4 rings (SSSR count). The fourth-order valence-corrected chi connectivity index (χ4v) is 3.98. The van der Waals surface area contributed by atoms with E-state index in [1.54, 1.807) is 37.4 Å². The summed E-state index contributed by atoms with van der Waals surface area (Å²) in [6.07, 6.45) is 0.0241. The molecule has 0 aliphatic heterocycles. The molecule has 0 saturated carbocycles. The average molecular weight is 445 g/mol. The average Bonchev–Trinajstić information content (AvgIpc) is 3.16. The fourth-order valence-electron chi connectivity index (χ4n) is 2.94. The van der Waals surface area contributed by atoms with E-state index >= 15 is 0 Å². The van der Waals surface area contributed by atoms with Crippen LogP contribution in [-0.4, -0.2) is 20.7 Å². The van der Waals surface area contributed by atoms with Crippen molar-refractivity contribution < 1.29 is 4.79 Å². The molecule has 0 atom stereocenters. The number of aryl methyl sites for hydroxylation is 1. The Morgan fingerprint density at radius 2 is 1.90 bits per heavy atom. The Balaban J connectivity index is 1.55. The van der Waals surface area contributed by atoms with E-state index in [0.29, 0.717) is 37.3 Å². The zero-order valence-corrected chi connectivity index (χ0v) is 17.5. The van der Waals surface area contributed by atoms with Crippen molar-refractivity contribution in [1.82, 2.24) is 14.8 Å². The summed E-state index contributed by atoms with van der Waals surface area (Å²) in [4.78, 5) is 29.2. The zero-order valence-electron chi connectivity index (χ0n) is 15.1. The molecule has 146 valence electrons. The van der Waals surface area contributed by atoms with Gasteiger partial charge in [0.25, 0.3) is 5.56 Å². The number of thiazole rings is 1. The predicted molar refractivity (Wildman–Crippen MR) is 117 cm³/mol. The largest absolute Gasteiger partial charge is 0.302 e. The molecule has 4 aromatic rings. The maximum atomic E-state index is 12.6. The van der Waals surface area contributed by atoms with Gasteiger partial charge in [-0.25, -0.2) is 9.67 Å². The molecule has 0 aliphatic carbocycles. The summed E-state index contributed by atoms with van der Waals surface area (Å²) < 4.78 is 1.25. The van der Waals surface area contributed by atoms with Gasteiger partial charge in [-0.3, -0.25) is 9.59 Å². The van der Waals surface area contributed by atoms with Gasteiger partial charge in [-0.1, -0.05) is 47.5 Å². The van der Waals surface area contributed by atoms with Crippen LogP contribution in [0.2, 0.25) is 10.0 Å². The highest BCUT2D eigenvalue weighted by Gasteiger charge is 2.14. The molecule has 1 amide bonds. The molecule has 1 N–H and O–H groups in total. The number of rotatable bonds is 4. The van der Waals surface area contributed by atoms with E-state index in [4.69, 9.17) is 23.2 Å². The van der Waals surface area contributed by atoms with Crippen molar-refractivity contribution in [2.45, 2.75) is 6.42 Å². The van der Waals surface area contributed by atoms with Crippen molar-refractivity contribution in [2.75, 3.05) is 5.32 Å². The van der Waals surface area contributed by atoms with Crippen molar-refractivity contribution in [3.63, 3.8) is 0 Å². The van der Waals surface area contributed by atoms with Crippen LogP contribution in [-0.2, 0) is 18.3 Å². The Labute approximate surface area is 179 Å². The molecule has 2 aromatic carbocycles. The number of carbonyl (C=O) groups excluding carboxylic acids is 1. The summed E-state index contributed by atoms with van der Waals surface area (Å²) in [6.45, 7) is 0. The molecule has 0 radical (unpaired) electrons. The molecular formula is C20H14Cl2N4O2S. The van der Waals surface area contributed by atoms with E-state index < -0.39 is 0 Å². The van der Waals surface area contributed by atoms with Gasteiger partial charge in [0.1, 0.15) is 0 Å². The van der Waals surface area contributed by atoms with E-state index in [-0.39, 0.29) is 17.9 Å². The predicted octanol–water partition coefficient (Wildman–Crippen LogP) is 4.55. The van der Waals surface area contributed by atoms with Crippen LogP contribution in [0.15, 0.2) is 52.6 Å². The second-order valence-electron chi connectivity index (χ2n) is 6.31. The molecule has 2 aromatic heterocycles. The van der Waals surface area contributed by atoms with E-state index in [9.17, 15) is 9.59 Å². The van der Waals surface area contributed by atoms with Crippen LogP contribution in [0.5, 0.6) is 0 Å². The van der Waals surface area contributed by atoms with Gasteiger partial charge >= 0.3 is 0 Å². The van der Waals surface area contributed by atoms with Crippen molar-refractivity contribution in [1.29, 1.82) is 0 Å². The lowest BCUT2D eigenvalue weighted by Gasteiger charge is -2.07. The van der Waals surface area contributed by atoms with Gasteiger partial charge in [-0.05, 0) is 18.2 Å². The lowest BCUT2D eigenvalue weighted by atomic mass is 10.1. The minimum absolute atomic E-state index is 0.0241. The third kappa shape index (κ3) is 4.03. The second-order valence-corrected chi connectivity index (χ2v) is 7.99. The number of nitrogens with one attached hydrogen (secondary N) is 1. The third-order valence-corrected chi connectivity index (χ3v) is 5.82. The molecule has 9 heteroatoms. The minimum atomic E-state index is -0.267. The number of halogens is 2. The SMILES string of the molecule is Cn1nc(CC(=O)Nc2nc(-c3ccc(Cl)c(Cl)c3)cs2)c2ccccc2c1=O. The number of carbonyl (C=O) groups is 1. The van der Waals surface area contributed by atoms with Crippen LogP contribution < -0.4 is 10.9 Å². The van der Waals surface area contributed by atoms with Gasteiger partial charge < -0.3 is 5.32 Å². The number of benzene rings is 2. The maximum absolute atomic E-state index is 12.6. The Kier molecular flexibility index (Phi) is 5.36. The lowest BCUT2D eigenvalue weighted by molar-refractivity contribution is -0.115. The van der Waals surface area contributed by atoms with Crippen molar-refractivity contribution in [3.05, 3.63) is 73.9 Å². The van der Waals surface area contributed by atoms with Gasteiger partial charge in [0, 0.05) is 23.4 Å². The van der Waals surface area contributed by atoms with Crippen LogP contribution >= 0.6 is 34.5 Å². The Morgan fingerprint density at radius 3 is 2.66 bits per heavy atom. The summed E-state index contributed by atoms with van der Waals surface area (Å²) in [5, 5.41) is 11.4. The summed E-state index contributed by atoms with van der Waals surface area (Å²) in [7, 11) is 1.57. The van der Waals surface area contributed by atoms with Gasteiger partial charge in [0.2, 0.25) is 5.91 Å². The number of nitrogens with zero attached hydrogens (tertiary/aromatic N) is 3. The minimum Gasteiger partial charge on any atom is -0.302 e. The highest BCUT2D eigenvalue weighted by Crippen LogP contribution is 2.30. The first-order chi connectivity index (χ1) is 13.9. The van der Waals surface area contributed by atoms with E-state index in [2.05, 4.69) is 15.4 Å². The van der Waals surface area contributed by atoms with Crippen molar-refractivity contribution in [2.24, 2.45) is 7.05 Å². The maximum Gasteiger partial charge on any atom is 0.274 e. The van der Waals surface area contributed by atoms with E-state index in [0.717, 1.165) is 5.56 Å². The van der Waals surface area contributed by atoms with E-state index in [1.165, 1.54) is 16.0 Å². The molecule has 0 bridgehead atoms.